The van der Waals surface area contributed by atoms with Gasteiger partial charge in [0.05, 0.1) is 0 Å². The van der Waals surface area contributed by atoms with E-state index in [9.17, 15) is 0 Å². The van der Waals surface area contributed by atoms with Crippen molar-refractivity contribution in [2.75, 3.05) is 0 Å². The van der Waals surface area contributed by atoms with E-state index < -0.39 is 0 Å². The largest absolute Gasteiger partial charge is 0.269 e. The number of benzene rings is 2. The van der Waals surface area contributed by atoms with Crippen molar-refractivity contribution in [2.24, 2.45) is 7.05 Å². The van der Waals surface area contributed by atoms with Crippen molar-refractivity contribution >= 4 is 16.5 Å². The molecule has 2 aromatic carbocycles. The Morgan fingerprint density at radius 2 is 1.50 bits per heavy atom. The van der Waals surface area contributed by atoms with Crippen LogP contribution in [0.25, 0.3) is 27.6 Å². The van der Waals surface area contributed by atoms with Gasteiger partial charge in [0.1, 0.15) is 7.05 Å². The van der Waals surface area contributed by atoms with Crippen LogP contribution in [-0.4, -0.2) is 0 Å². The molecular weight excluding hydrogens is 525 g/mol. The van der Waals surface area contributed by atoms with Crippen molar-refractivity contribution in [1.82, 2.24) is 0 Å². The summed E-state index contributed by atoms with van der Waals surface area (Å²) in [7, 11) is 2.19. The summed E-state index contributed by atoms with van der Waals surface area (Å²) in [5, 5.41) is 1.32. The third-order valence-electron chi connectivity index (χ3n) is 5.59. The second-order valence-electron chi connectivity index (χ2n) is 6.86. The Morgan fingerprint density at radius 3 is 2.33 bits per heavy atom. The zero-order valence-corrected chi connectivity index (χ0v) is 16.9. The summed E-state index contributed by atoms with van der Waals surface area (Å²) in [6.07, 6.45) is 5.54. The van der Waals surface area contributed by atoms with E-state index >= 15 is 0 Å². The molecule has 0 unspecified atom stereocenters. The van der Waals surface area contributed by atoms with E-state index in [-0.39, 0.29) is 0 Å². The molecule has 121 valence electrons. The van der Waals surface area contributed by atoms with E-state index in [1.54, 1.807) is 0 Å². The van der Waals surface area contributed by atoms with Crippen LogP contribution in [0.1, 0.15) is 34.9 Å². The zero-order valence-electron chi connectivity index (χ0n) is 14.2. The molecule has 2 aliphatic carbocycles. The van der Waals surface area contributed by atoms with Crippen molar-refractivity contribution in [3.63, 3.8) is 0 Å². The van der Waals surface area contributed by atoms with Crippen LogP contribution in [0, 0.1) is 13.0 Å². The summed E-state index contributed by atoms with van der Waals surface area (Å²) in [4.78, 5) is 0. The van der Waals surface area contributed by atoms with Gasteiger partial charge in [0.2, 0.25) is 5.52 Å². The van der Waals surface area contributed by atoms with E-state index in [0.717, 1.165) is 12.8 Å². The Morgan fingerprint density at radius 1 is 0.833 bits per heavy atom. The minimum Gasteiger partial charge on any atom is -0.269 e. The van der Waals surface area contributed by atoms with Crippen LogP contribution in [-0.2, 0) is 19.9 Å². The number of fused-ring (bicyclic) bond motifs is 7. The number of nitrogens with zero attached hydrogens (tertiary/aromatic N) is 1. The third-order valence-corrected chi connectivity index (χ3v) is 5.59. The van der Waals surface area contributed by atoms with Gasteiger partial charge >= 0.3 is 0 Å². The molecule has 0 N–H and O–H groups in total. The molecule has 0 bridgehead atoms. The Hall–Kier alpha value is -3.41. The number of aryl methyl sites for hydroxylation is 2. The summed E-state index contributed by atoms with van der Waals surface area (Å²) in [6.45, 7) is 4.39. The maximum absolute atomic E-state index is 3.53. The van der Waals surface area contributed by atoms with Gasteiger partial charge in [-0.25, -0.2) is 5.57 Å². The van der Waals surface area contributed by atoms with Crippen molar-refractivity contribution in [3.05, 3.63) is 70.4 Å². The molecule has 0 spiro atoms. The minimum absolute atomic E-state index is 0. The molecule has 0 fully saturated rings. The van der Waals surface area contributed by atoms with Gasteiger partial charge in [-0.15, -0.1) is 12.0 Å². The maximum atomic E-state index is 3.53. The van der Waals surface area contributed by atoms with Crippen molar-refractivity contribution in [2.45, 2.75) is 26.7 Å². The predicted octanol–water partition coefficient (Wildman–Crippen LogP) is 4.31. The van der Waals surface area contributed by atoms with Gasteiger partial charge in [0.15, 0.2) is 5.69 Å². The van der Waals surface area contributed by atoms with Gasteiger partial charge in [-0.3, -0.25) is 6.08 Å². The smallest absolute Gasteiger partial charge is 0.219 e. The van der Waals surface area contributed by atoms with Gasteiger partial charge in [-0.1, -0.05) is 36.2 Å². The van der Waals surface area contributed by atoms with Gasteiger partial charge < -0.3 is 0 Å². The van der Waals surface area contributed by atoms with Crippen LogP contribution in [0.5, 0.6) is 0 Å². The zero-order chi connectivity index (χ0) is 15.7. The van der Waals surface area contributed by atoms with Crippen molar-refractivity contribution < 1.29 is 4.57 Å². The molecule has 2 heteroatoms. The first-order chi connectivity index (χ1) is 11.1. The molecule has 0 amide bonds. The first-order valence-corrected chi connectivity index (χ1v) is 8.29. The van der Waals surface area contributed by atoms with Gasteiger partial charge in [0.25, 0.3) is 0 Å². The van der Waals surface area contributed by atoms with E-state index in [1.165, 1.54) is 55.6 Å². The Labute approximate surface area is 136 Å². The van der Waals surface area contributed by atoms with E-state index in [4.69, 9.17) is 0 Å². The average molecular weight is 544 g/mol. The summed E-state index contributed by atoms with van der Waals surface area (Å²) in [5.74, 6) is 0. The first kappa shape index (κ1) is 14.2. The minimum atomic E-state index is 0. The third kappa shape index (κ3) is 1.57. The Bertz CT molecular complexity index is 1040. The molecule has 0 saturated carbocycles. The molecule has 1 aromatic heterocycles. The SMILES string of the molecule is CC1=[C-]Cc2ccc3c(c21)-c1c(ccc2ccc(C)[n+](C)c12)C3.[Bk]. The fourth-order valence-corrected chi connectivity index (χ4v) is 4.29. The Balaban J connectivity index is 0.00000146. The predicted molar refractivity (Wildman–Crippen MR) is 94.1 cm³/mol. The quantitative estimate of drug-likeness (QED) is 0.230. The molecule has 0 saturated heterocycles. The molecule has 3 aromatic rings. The molecule has 0 aliphatic heterocycles. The maximum Gasteiger partial charge on any atom is 0.219 e. The standard InChI is InChI=1S/C22H19N.Bk/c1-13-4-6-15-8-10-17-12-18-11-9-16-7-5-14(2)23(3)22(16)21(18)20(17)19(13)15;/h5,7-11H,6,12H2,1-3H3;. The number of hydrogen-bond acceptors (Lipinski definition) is 0. The van der Waals surface area contributed by atoms with E-state index in [0.29, 0.717) is 0 Å². The number of pyridine rings is 1. The number of rotatable bonds is 0. The molecular formula is C22H19BkN. The topological polar surface area (TPSA) is 3.88 Å². The molecule has 1 radical (unpaired) electrons. The fourth-order valence-electron chi connectivity index (χ4n) is 4.29. The van der Waals surface area contributed by atoms with Crippen LogP contribution >= 0.6 is 0 Å². The second kappa shape index (κ2) is 4.55. The monoisotopic (exact) mass is 544 g/mol. The van der Waals surface area contributed by atoms with Gasteiger partial charge in [0, 0.05) is 23.9 Å². The summed E-state index contributed by atoms with van der Waals surface area (Å²) in [6, 6.07) is 13.7. The first-order valence-electron chi connectivity index (χ1n) is 8.29. The number of allylic oxidation sites excluding steroid dienone is 2. The van der Waals surface area contributed by atoms with E-state index in [2.05, 4.69) is 67.9 Å². The number of aromatic nitrogens is 1. The van der Waals surface area contributed by atoms with Crippen molar-refractivity contribution in [1.29, 1.82) is 0 Å². The molecule has 24 heavy (non-hydrogen) atoms. The normalized spacial score (nSPS) is 14.0. The molecule has 0 atom stereocenters. The fraction of sp³-hybridized carbons (Fsp3) is 0.227. The summed E-state index contributed by atoms with van der Waals surface area (Å²) >= 11 is 0. The average Bonchev–Trinajstić information content (AvgIpc) is 3.11. The molecule has 2 aliphatic rings. The van der Waals surface area contributed by atoms with Crippen LogP contribution in [0.3, 0.4) is 0 Å². The van der Waals surface area contributed by atoms with Crippen LogP contribution in [0.2, 0.25) is 0 Å². The van der Waals surface area contributed by atoms with Crippen LogP contribution < -0.4 is 4.57 Å². The van der Waals surface area contributed by atoms with Crippen LogP contribution in [0.4, 0.5) is 0 Å². The van der Waals surface area contributed by atoms with Crippen molar-refractivity contribution in [3.8, 4) is 11.1 Å². The van der Waals surface area contributed by atoms with Crippen LogP contribution in [0.15, 0.2) is 36.4 Å². The van der Waals surface area contributed by atoms with E-state index in [1.807, 2.05) is 0 Å². The Kier molecular flexibility index (Phi) is 2.69. The summed E-state index contributed by atoms with van der Waals surface area (Å²) in [5.41, 5.74) is 12.7. The van der Waals surface area contributed by atoms with Gasteiger partial charge in [-0.05, 0) is 24.1 Å². The number of hydrogen-bond donors (Lipinski definition) is 0. The molecule has 1 nitrogen and oxygen atoms in total. The summed E-state index contributed by atoms with van der Waals surface area (Å²) < 4.78 is 2.35. The molecule has 1 heterocycles. The molecule has 5 rings (SSSR count). The van der Waals surface area contributed by atoms with Gasteiger partial charge in [-0.2, -0.15) is 10.1 Å². The second-order valence-corrected chi connectivity index (χ2v) is 6.86.